The molecule has 1 aliphatic carbocycles. The van der Waals surface area contributed by atoms with Crippen LogP contribution in [0.25, 0.3) is 0 Å². The number of hydrogen-bond acceptors (Lipinski definition) is 2. The molecule has 1 aliphatic rings. The van der Waals surface area contributed by atoms with E-state index in [0.717, 1.165) is 24.8 Å². The molecule has 1 N–H and O–H groups in total. The smallest absolute Gasteiger partial charge is 0.370 e. The Balaban J connectivity index is 1.76. The van der Waals surface area contributed by atoms with Crippen LogP contribution in [0.1, 0.15) is 44.2 Å². The van der Waals surface area contributed by atoms with E-state index >= 15 is 0 Å². The topological polar surface area (TPSA) is 24.9 Å². The molecule has 2 rings (SSSR count). The van der Waals surface area contributed by atoms with E-state index in [1.807, 2.05) is 0 Å². The first-order valence-corrected chi connectivity index (χ1v) is 6.84. The van der Waals surface area contributed by atoms with Gasteiger partial charge in [-0.15, -0.1) is 0 Å². The Bertz CT molecular complexity index is 398. The third kappa shape index (κ3) is 4.40. The van der Waals surface area contributed by atoms with Crippen LogP contribution in [-0.2, 0) is 6.18 Å². The van der Waals surface area contributed by atoms with Gasteiger partial charge in [0, 0.05) is 6.54 Å². The lowest BCUT2D eigenvalue weighted by Crippen LogP contribution is -2.11. The van der Waals surface area contributed by atoms with Crippen molar-refractivity contribution in [1.82, 2.24) is 4.98 Å². The number of aromatic nitrogens is 1. The average Bonchev–Trinajstić information content (AvgIpc) is 2.87. The highest BCUT2D eigenvalue weighted by Gasteiger charge is 2.32. The van der Waals surface area contributed by atoms with Crippen molar-refractivity contribution in [1.29, 1.82) is 0 Å². The average molecular weight is 272 g/mol. The van der Waals surface area contributed by atoms with Crippen molar-refractivity contribution in [3.63, 3.8) is 0 Å². The number of anilines is 1. The molecule has 0 atom stereocenters. The van der Waals surface area contributed by atoms with Gasteiger partial charge in [-0.3, -0.25) is 0 Å². The second kappa shape index (κ2) is 6.26. The lowest BCUT2D eigenvalue weighted by atomic mass is 10.0. The molecule has 0 aromatic carbocycles. The highest BCUT2D eigenvalue weighted by molar-refractivity contribution is 5.35. The monoisotopic (exact) mass is 272 g/mol. The van der Waals surface area contributed by atoms with Gasteiger partial charge in [0.1, 0.15) is 11.5 Å². The van der Waals surface area contributed by atoms with Crippen molar-refractivity contribution < 1.29 is 13.2 Å². The maximum absolute atomic E-state index is 12.5. The fourth-order valence-electron chi connectivity index (χ4n) is 2.60. The molecule has 19 heavy (non-hydrogen) atoms. The number of nitrogens with one attached hydrogen (secondary N) is 1. The second-order valence-corrected chi connectivity index (χ2v) is 5.13. The van der Waals surface area contributed by atoms with Crippen LogP contribution < -0.4 is 5.32 Å². The van der Waals surface area contributed by atoms with Gasteiger partial charge in [-0.25, -0.2) is 4.98 Å². The molecule has 0 saturated heterocycles. The number of rotatable bonds is 5. The zero-order valence-corrected chi connectivity index (χ0v) is 10.8. The summed E-state index contributed by atoms with van der Waals surface area (Å²) >= 11 is 0. The van der Waals surface area contributed by atoms with Gasteiger partial charge in [0.2, 0.25) is 0 Å². The van der Waals surface area contributed by atoms with Crippen molar-refractivity contribution in [2.45, 2.75) is 44.7 Å². The quantitative estimate of drug-likeness (QED) is 0.799. The maximum Gasteiger partial charge on any atom is 0.433 e. The van der Waals surface area contributed by atoms with Crippen molar-refractivity contribution in [2.24, 2.45) is 5.92 Å². The molecular weight excluding hydrogens is 253 g/mol. The van der Waals surface area contributed by atoms with Crippen molar-refractivity contribution >= 4 is 5.82 Å². The summed E-state index contributed by atoms with van der Waals surface area (Å²) in [7, 11) is 0. The molecule has 5 heteroatoms. The molecular formula is C14H19F3N2. The van der Waals surface area contributed by atoms with E-state index in [4.69, 9.17) is 0 Å². The molecule has 0 bridgehead atoms. The van der Waals surface area contributed by atoms with Crippen LogP contribution in [0.5, 0.6) is 0 Å². The molecule has 0 unspecified atom stereocenters. The van der Waals surface area contributed by atoms with E-state index in [1.165, 1.54) is 31.7 Å². The Labute approximate surface area is 111 Å². The molecule has 1 aromatic heterocycles. The van der Waals surface area contributed by atoms with Crippen molar-refractivity contribution in [3.8, 4) is 0 Å². The van der Waals surface area contributed by atoms with Gasteiger partial charge in [0.05, 0.1) is 0 Å². The number of halogens is 3. The Morgan fingerprint density at radius 1 is 1.21 bits per heavy atom. The summed E-state index contributed by atoms with van der Waals surface area (Å²) < 4.78 is 37.4. The minimum atomic E-state index is -4.37. The summed E-state index contributed by atoms with van der Waals surface area (Å²) in [4.78, 5) is 3.58. The van der Waals surface area contributed by atoms with Gasteiger partial charge in [-0.2, -0.15) is 13.2 Å². The normalized spacial score (nSPS) is 16.8. The Morgan fingerprint density at radius 2 is 1.95 bits per heavy atom. The zero-order valence-electron chi connectivity index (χ0n) is 10.8. The molecule has 1 saturated carbocycles. The molecule has 0 amide bonds. The van der Waals surface area contributed by atoms with Gasteiger partial charge < -0.3 is 5.32 Å². The number of alkyl halides is 3. The minimum Gasteiger partial charge on any atom is -0.370 e. The fraction of sp³-hybridized carbons (Fsp3) is 0.643. The summed E-state index contributed by atoms with van der Waals surface area (Å²) in [6.45, 7) is 0.685. The van der Waals surface area contributed by atoms with Crippen LogP contribution in [0.2, 0.25) is 0 Å². The largest absolute Gasteiger partial charge is 0.433 e. The standard InChI is InChI=1S/C14H19F3N2/c15-14(16,17)12-8-3-9-13(19-12)18-10-4-7-11-5-1-2-6-11/h3,8-9,11H,1-2,4-7,10H2,(H,18,19). The van der Waals surface area contributed by atoms with Crippen molar-refractivity contribution in [2.75, 3.05) is 11.9 Å². The minimum absolute atomic E-state index is 0.307. The lowest BCUT2D eigenvalue weighted by molar-refractivity contribution is -0.141. The van der Waals surface area contributed by atoms with Crippen LogP contribution in [0, 0.1) is 5.92 Å². The number of pyridine rings is 1. The highest BCUT2D eigenvalue weighted by atomic mass is 19.4. The second-order valence-electron chi connectivity index (χ2n) is 5.13. The van der Waals surface area contributed by atoms with Crippen LogP contribution >= 0.6 is 0 Å². The van der Waals surface area contributed by atoms with Crippen molar-refractivity contribution in [3.05, 3.63) is 23.9 Å². The molecule has 2 nitrogen and oxygen atoms in total. The van der Waals surface area contributed by atoms with Gasteiger partial charge in [-0.05, 0) is 30.9 Å². The summed E-state index contributed by atoms with van der Waals surface area (Å²) in [5.41, 5.74) is -0.840. The summed E-state index contributed by atoms with van der Waals surface area (Å²) in [6, 6.07) is 3.95. The first kappa shape index (κ1) is 14.2. The van der Waals surface area contributed by atoms with E-state index in [-0.39, 0.29) is 0 Å². The third-order valence-corrected chi connectivity index (χ3v) is 3.61. The van der Waals surface area contributed by atoms with E-state index in [0.29, 0.717) is 12.4 Å². The fourth-order valence-corrected chi connectivity index (χ4v) is 2.60. The predicted octanol–water partition coefficient (Wildman–Crippen LogP) is 4.48. The van der Waals surface area contributed by atoms with Gasteiger partial charge in [0.25, 0.3) is 0 Å². The van der Waals surface area contributed by atoms with Gasteiger partial charge >= 0.3 is 6.18 Å². The van der Waals surface area contributed by atoms with Crippen LogP contribution in [0.3, 0.4) is 0 Å². The van der Waals surface area contributed by atoms with E-state index < -0.39 is 11.9 Å². The van der Waals surface area contributed by atoms with E-state index in [1.54, 1.807) is 6.07 Å². The maximum atomic E-state index is 12.5. The molecule has 1 fully saturated rings. The Morgan fingerprint density at radius 3 is 2.63 bits per heavy atom. The van der Waals surface area contributed by atoms with Crippen LogP contribution in [-0.4, -0.2) is 11.5 Å². The molecule has 1 heterocycles. The molecule has 1 aromatic rings. The number of nitrogens with zero attached hydrogens (tertiary/aromatic N) is 1. The first-order chi connectivity index (χ1) is 9.05. The van der Waals surface area contributed by atoms with Crippen LogP contribution in [0.4, 0.5) is 19.0 Å². The lowest BCUT2D eigenvalue weighted by Gasteiger charge is -2.11. The predicted molar refractivity (Wildman–Crippen MR) is 68.9 cm³/mol. The molecule has 0 radical (unpaired) electrons. The number of hydrogen-bond donors (Lipinski definition) is 1. The first-order valence-electron chi connectivity index (χ1n) is 6.84. The Kier molecular flexibility index (Phi) is 4.66. The SMILES string of the molecule is FC(F)(F)c1cccc(NCCCC2CCCC2)n1. The molecule has 0 spiro atoms. The molecule has 106 valence electrons. The third-order valence-electron chi connectivity index (χ3n) is 3.61. The van der Waals surface area contributed by atoms with Gasteiger partial charge in [-0.1, -0.05) is 31.7 Å². The summed E-state index contributed by atoms with van der Waals surface area (Å²) in [6.07, 6.45) is 3.04. The molecule has 0 aliphatic heterocycles. The summed E-state index contributed by atoms with van der Waals surface area (Å²) in [5, 5.41) is 2.97. The summed E-state index contributed by atoms with van der Waals surface area (Å²) in [5.74, 6) is 1.12. The highest BCUT2D eigenvalue weighted by Crippen LogP contribution is 2.29. The zero-order chi connectivity index (χ0) is 13.7. The van der Waals surface area contributed by atoms with Crippen LogP contribution in [0.15, 0.2) is 18.2 Å². The Hall–Kier alpha value is -1.26. The van der Waals surface area contributed by atoms with E-state index in [2.05, 4.69) is 10.3 Å². The van der Waals surface area contributed by atoms with Gasteiger partial charge in [0.15, 0.2) is 0 Å². The van der Waals surface area contributed by atoms with E-state index in [9.17, 15) is 13.2 Å².